The molecule has 0 bridgehead atoms. The van der Waals surface area contributed by atoms with E-state index in [0.29, 0.717) is 20.6 Å². The summed E-state index contributed by atoms with van der Waals surface area (Å²) in [6, 6.07) is 3.04. The summed E-state index contributed by atoms with van der Waals surface area (Å²) in [4.78, 5) is 0. The third kappa shape index (κ3) is 2.50. The van der Waals surface area contributed by atoms with Gasteiger partial charge in [0.25, 0.3) is 0 Å². The second kappa shape index (κ2) is 3.66. The molecule has 1 aromatic carbocycles. The first-order valence-corrected chi connectivity index (χ1v) is 4.81. The lowest BCUT2D eigenvalue weighted by molar-refractivity contribution is 0.000102. The summed E-state index contributed by atoms with van der Waals surface area (Å²) in [6.07, 6.45) is 0. The molecule has 0 saturated heterocycles. The number of hydrogen-bond donors (Lipinski definition) is 0. The van der Waals surface area contributed by atoms with Crippen molar-refractivity contribution in [3.05, 3.63) is 32.8 Å². The monoisotopic (exact) mass is 237 g/mol. The first kappa shape index (κ1) is 11.1. The smallest absolute Gasteiger partial charge is 0.126 e. The van der Waals surface area contributed by atoms with Crippen LogP contribution in [0.4, 0.5) is 0 Å². The van der Waals surface area contributed by atoms with E-state index in [-0.39, 0.29) is 0 Å². The SMILES string of the molecule is CC(C)([O])c1c(Cl)cc(Cl)cc1Cl. The second-order valence-electron chi connectivity index (χ2n) is 3.25. The third-order valence-electron chi connectivity index (χ3n) is 1.61. The molecule has 0 fully saturated rings. The van der Waals surface area contributed by atoms with Gasteiger partial charge in [-0.05, 0) is 26.0 Å². The largest absolute Gasteiger partial charge is 0.225 e. The van der Waals surface area contributed by atoms with E-state index in [1.165, 1.54) is 26.0 Å². The molecule has 0 aliphatic rings. The molecular formula is C9H8Cl3O. The third-order valence-corrected chi connectivity index (χ3v) is 2.42. The van der Waals surface area contributed by atoms with E-state index in [1.54, 1.807) is 0 Å². The molecule has 0 saturated carbocycles. The molecule has 1 aromatic rings. The molecule has 0 aromatic heterocycles. The van der Waals surface area contributed by atoms with Gasteiger partial charge >= 0.3 is 0 Å². The minimum absolute atomic E-state index is 0.317. The normalized spacial score (nSPS) is 11.8. The van der Waals surface area contributed by atoms with Crippen LogP contribution in [0.25, 0.3) is 0 Å². The lowest BCUT2D eigenvalue weighted by Crippen LogP contribution is -2.14. The van der Waals surface area contributed by atoms with Crippen LogP contribution in [0.3, 0.4) is 0 Å². The van der Waals surface area contributed by atoms with Gasteiger partial charge < -0.3 is 0 Å². The fourth-order valence-electron chi connectivity index (χ4n) is 1.12. The average Bonchev–Trinajstić information content (AvgIpc) is 1.78. The van der Waals surface area contributed by atoms with Crippen molar-refractivity contribution < 1.29 is 5.11 Å². The Bertz CT molecular complexity index is 305. The fraction of sp³-hybridized carbons (Fsp3) is 0.333. The molecule has 71 valence electrons. The topological polar surface area (TPSA) is 19.9 Å². The average molecular weight is 239 g/mol. The minimum atomic E-state index is -1.31. The lowest BCUT2D eigenvalue weighted by atomic mass is 9.98. The van der Waals surface area contributed by atoms with E-state index < -0.39 is 5.60 Å². The van der Waals surface area contributed by atoms with Gasteiger partial charge in [-0.2, -0.15) is 0 Å². The maximum absolute atomic E-state index is 11.6. The fourth-order valence-corrected chi connectivity index (χ4v) is 2.39. The van der Waals surface area contributed by atoms with E-state index in [0.717, 1.165) is 0 Å². The molecule has 0 unspecified atom stereocenters. The molecule has 1 rings (SSSR count). The van der Waals surface area contributed by atoms with Crippen molar-refractivity contribution in [2.24, 2.45) is 0 Å². The summed E-state index contributed by atoms with van der Waals surface area (Å²) in [5, 5.41) is 12.7. The highest BCUT2D eigenvalue weighted by Crippen LogP contribution is 2.36. The lowest BCUT2D eigenvalue weighted by Gasteiger charge is -2.18. The second-order valence-corrected chi connectivity index (χ2v) is 4.51. The van der Waals surface area contributed by atoms with Crippen LogP contribution < -0.4 is 0 Å². The molecule has 0 N–H and O–H groups in total. The van der Waals surface area contributed by atoms with Crippen molar-refractivity contribution >= 4 is 34.8 Å². The Hall–Kier alpha value is 0.0500. The summed E-state index contributed by atoms with van der Waals surface area (Å²) in [5.41, 5.74) is -0.918. The molecule has 1 radical (unpaired) electrons. The van der Waals surface area contributed by atoms with Crippen LogP contribution in [-0.4, -0.2) is 0 Å². The summed E-state index contributed by atoms with van der Waals surface area (Å²) in [7, 11) is 0. The van der Waals surface area contributed by atoms with Gasteiger partial charge in [-0.3, -0.25) is 0 Å². The van der Waals surface area contributed by atoms with E-state index in [2.05, 4.69) is 0 Å². The molecule has 0 aliphatic heterocycles. The molecule has 0 spiro atoms. The van der Waals surface area contributed by atoms with Crippen molar-refractivity contribution in [1.82, 2.24) is 0 Å². The minimum Gasteiger partial charge on any atom is -0.225 e. The Balaban J connectivity index is 3.38. The van der Waals surface area contributed by atoms with Crippen LogP contribution in [0.2, 0.25) is 15.1 Å². The van der Waals surface area contributed by atoms with E-state index in [9.17, 15) is 5.11 Å². The van der Waals surface area contributed by atoms with Crippen molar-refractivity contribution in [3.8, 4) is 0 Å². The highest BCUT2D eigenvalue weighted by Gasteiger charge is 2.25. The Morgan fingerprint density at radius 1 is 1.08 bits per heavy atom. The van der Waals surface area contributed by atoms with Crippen molar-refractivity contribution in [3.63, 3.8) is 0 Å². The maximum Gasteiger partial charge on any atom is 0.126 e. The van der Waals surface area contributed by atoms with Crippen molar-refractivity contribution in [1.29, 1.82) is 0 Å². The van der Waals surface area contributed by atoms with Gasteiger partial charge in [0.2, 0.25) is 0 Å². The molecule has 0 amide bonds. The number of halogens is 3. The zero-order valence-corrected chi connectivity index (χ0v) is 9.46. The molecule has 0 heterocycles. The zero-order valence-electron chi connectivity index (χ0n) is 7.20. The van der Waals surface area contributed by atoms with Gasteiger partial charge in [-0.25, -0.2) is 5.11 Å². The van der Waals surface area contributed by atoms with Crippen LogP contribution in [0.15, 0.2) is 12.1 Å². The molecule has 4 heteroatoms. The van der Waals surface area contributed by atoms with E-state index in [4.69, 9.17) is 34.8 Å². The van der Waals surface area contributed by atoms with Gasteiger partial charge in [0, 0.05) is 20.6 Å². The Labute approximate surface area is 92.2 Å². The predicted octanol–water partition coefficient (Wildman–Crippen LogP) is 4.31. The Morgan fingerprint density at radius 2 is 1.46 bits per heavy atom. The van der Waals surface area contributed by atoms with Gasteiger partial charge in [0.05, 0.1) is 0 Å². The highest BCUT2D eigenvalue weighted by atomic mass is 35.5. The number of rotatable bonds is 1. The van der Waals surface area contributed by atoms with Crippen LogP contribution in [-0.2, 0) is 10.7 Å². The maximum atomic E-state index is 11.6. The quantitative estimate of drug-likeness (QED) is 0.695. The molecule has 0 atom stereocenters. The number of hydrogen-bond acceptors (Lipinski definition) is 0. The summed E-state index contributed by atoms with van der Waals surface area (Å²) in [5.74, 6) is 0. The summed E-state index contributed by atoms with van der Waals surface area (Å²) < 4.78 is 0. The first-order valence-electron chi connectivity index (χ1n) is 3.68. The van der Waals surface area contributed by atoms with Crippen LogP contribution in [0, 0.1) is 0 Å². The van der Waals surface area contributed by atoms with Crippen molar-refractivity contribution in [2.75, 3.05) is 0 Å². The zero-order chi connectivity index (χ0) is 10.2. The number of benzene rings is 1. The van der Waals surface area contributed by atoms with Crippen molar-refractivity contribution in [2.45, 2.75) is 19.4 Å². The Kier molecular flexibility index (Phi) is 3.13. The van der Waals surface area contributed by atoms with E-state index >= 15 is 0 Å². The first-order chi connectivity index (χ1) is 5.82. The van der Waals surface area contributed by atoms with Crippen LogP contribution in [0.1, 0.15) is 19.4 Å². The summed E-state index contributed by atoms with van der Waals surface area (Å²) >= 11 is 17.4. The van der Waals surface area contributed by atoms with Gasteiger partial charge in [-0.15, -0.1) is 0 Å². The Morgan fingerprint density at radius 3 is 1.77 bits per heavy atom. The van der Waals surface area contributed by atoms with Gasteiger partial charge in [0.15, 0.2) is 0 Å². The predicted molar refractivity (Wildman–Crippen MR) is 55.2 cm³/mol. The van der Waals surface area contributed by atoms with Crippen LogP contribution in [0.5, 0.6) is 0 Å². The molecular weight excluding hydrogens is 230 g/mol. The summed E-state index contributed by atoms with van der Waals surface area (Å²) in [6.45, 7) is 3.02. The van der Waals surface area contributed by atoms with Gasteiger partial charge in [-0.1, -0.05) is 34.8 Å². The highest BCUT2D eigenvalue weighted by molar-refractivity contribution is 6.39. The molecule has 13 heavy (non-hydrogen) atoms. The molecule has 0 aliphatic carbocycles. The van der Waals surface area contributed by atoms with E-state index in [1.807, 2.05) is 0 Å². The standard InChI is InChI=1S/C9H8Cl3O/c1-9(2,13)8-6(11)3-5(10)4-7(8)12/h3-4H,1-2H3. The molecule has 1 nitrogen and oxygen atoms in total. The van der Waals surface area contributed by atoms with Crippen LogP contribution >= 0.6 is 34.8 Å². The van der Waals surface area contributed by atoms with Gasteiger partial charge in [0.1, 0.15) is 5.60 Å².